The molecule has 9 heteroatoms. The molecule has 0 aliphatic rings. The second kappa shape index (κ2) is 7.84. The predicted octanol–water partition coefficient (Wildman–Crippen LogP) is 2.54. The average Bonchev–Trinajstić information content (AvgIpc) is 3.18. The lowest BCUT2D eigenvalue weighted by atomic mass is 10.3. The van der Waals surface area contributed by atoms with E-state index in [4.69, 9.17) is 13.7 Å². The summed E-state index contributed by atoms with van der Waals surface area (Å²) in [6.07, 6.45) is 0. The maximum absolute atomic E-state index is 11.7. The molecule has 0 aliphatic carbocycles. The van der Waals surface area contributed by atoms with E-state index in [-0.39, 0.29) is 24.0 Å². The molecule has 130 valence electrons. The summed E-state index contributed by atoms with van der Waals surface area (Å²) in [4.78, 5) is 27.6. The summed E-state index contributed by atoms with van der Waals surface area (Å²) in [6, 6.07) is 8.90. The Labute approximate surface area is 146 Å². The van der Waals surface area contributed by atoms with Gasteiger partial charge >= 0.3 is 5.97 Å². The van der Waals surface area contributed by atoms with Gasteiger partial charge in [0.25, 0.3) is 0 Å². The third kappa shape index (κ3) is 4.83. The quantitative estimate of drug-likeness (QED) is 0.640. The summed E-state index contributed by atoms with van der Waals surface area (Å²) in [5.41, 5.74) is 1.35. The molecule has 3 aromatic rings. The number of aryl methyl sites for hydroxylation is 1. The lowest BCUT2D eigenvalue weighted by Crippen LogP contribution is -2.16. The molecule has 8 nitrogen and oxygen atoms in total. The van der Waals surface area contributed by atoms with Crippen LogP contribution in [0.3, 0.4) is 0 Å². The Morgan fingerprint density at radius 1 is 1.28 bits per heavy atom. The van der Waals surface area contributed by atoms with Crippen molar-refractivity contribution in [2.45, 2.75) is 13.5 Å². The number of thioether (sulfide) groups is 1. The number of hydrogen-bond acceptors (Lipinski definition) is 8. The van der Waals surface area contributed by atoms with Crippen LogP contribution in [0.5, 0.6) is 0 Å². The molecule has 2 heterocycles. The first-order chi connectivity index (χ1) is 12.1. The number of fused-ring (bicyclic) bond motifs is 1. The van der Waals surface area contributed by atoms with Crippen LogP contribution in [-0.4, -0.2) is 33.5 Å². The minimum Gasteiger partial charge on any atom is -0.455 e. The molecule has 2 aromatic heterocycles. The molecule has 25 heavy (non-hydrogen) atoms. The van der Waals surface area contributed by atoms with Crippen LogP contribution in [0.2, 0.25) is 0 Å². The molecule has 0 spiro atoms. The zero-order valence-corrected chi connectivity index (χ0v) is 14.2. The number of aromatic nitrogens is 2. The molecule has 0 bridgehead atoms. The Hall–Kier alpha value is -2.81. The molecule has 0 unspecified atom stereocenters. The summed E-state index contributed by atoms with van der Waals surface area (Å²) < 4.78 is 15.4. The van der Waals surface area contributed by atoms with Crippen LogP contribution in [-0.2, 0) is 20.9 Å². The van der Waals surface area contributed by atoms with E-state index in [0.717, 1.165) is 11.8 Å². The van der Waals surface area contributed by atoms with Crippen LogP contribution in [0.25, 0.3) is 11.1 Å². The largest absolute Gasteiger partial charge is 0.455 e. The van der Waals surface area contributed by atoms with Gasteiger partial charge in [-0.2, -0.15) is 0 Å². The molecule has 1 amide bonds. The van der Waals surface area contributed by atoms with E-state index in [2.05, 4.69) is 15.5 Å². The zero-order valence-electron chi connectivity index (χ0n) is 13.4. The second-order valence-corrected chi connectivity index (χ2v) is 6.09. The normalized spacial score (nSPS) is 10.8. The highest BCUT2D eigenvalue weighted by atomic mass is 32.2. The second-order valence-electron chi connectivity index (χ2n) is 5.10. The van der Waals surface area contributed by atoms with Gasteiger partial charge in [0, 0.05) is 6.07 Å². The fourth-order valence-electron chi connectivity index (χ4n) is 2.00. The molecule has 0 saturated carbocycles. The van der Waals surface area contributed by atoms with Gasteiger partial charge in [0.05, 0.1) is 11.5 Å². The standard InChI is InChI=1S/C16H15N3O5S/c1-10-6-13(19-24-10)18-14(20)8-25-9-16(21)22-7-15-17-11-4-2-3-5-12(11)23-15/h2-6H,7-9H2,1H3,(H,18,19,20). The highest BCUT2D eigenvalue weighted by Crippen LogP contribution is 2.15. The number of benzene rings is 1. The van der Waals surface area contributed by atoms with Crippen molar-refractivity contribution in [2.24, 2.45) is 0 Å². The summed E-state index contributed by atoms with van der Waals surface area (Å²) in [5, 5.41) is 6.22. The Morgan fingerprint density at radius 2 is 2.12 bits per heavy atom. The molecular weight excluding hydrogens is 346 g/mol. The Balaban J connectivity index is 1.37. The highest BCUT2D eigenvalue weighted by Gasteiger charge is 2.11. The van der Waals surface area contributed by atoms with E-state index in [1.807, 2.05) is 18.2 Å². The maximum atomic E-state index is 11.7. The Morgan fingerprint density at radius 3 is 2.88 bits per heavy atom. The van der Waals surface area contributed by atoms with E-state index in [9.17, 15) is 9.59 Å². The third-order valence-electron chi connectivity index (χ3n) is 3.04. The number of nitrogens with zero attached hydrogens (tertiary/aromatic N) is 2. The van der Waals surface area contributed by atoms with Crippen molar-refractivity contribution >= 4 is 40.6 Å². The zero-order chi connectivity index (χ0) is 17.6. The summed E-state index contributed by atoms with van der Waals surface area (Å²) in [6.45, 7) is 1.68. The van der Waals surface area contributed by atoms with Crippen molar-refractivity contribution in [3.05, 3.63) is 42.0 Å². The van der Waals surface area contributed by atoms with Gasteiger partial charge in [-0.1, -0.05) is 17.3 Å². The van der Waals surface area contributed by atoms with Gasteiger partial charge in [0.1, 0.15) is 11.3 Å². The van der Waals surface area contributed by atoms with Crippen molar-refractivity contribution < 1.29 is 23.3 Å². The Bertz CT molecular complexity index is 856. The summed E-state index contributed by atoms with van der Waals surface area (Å²) >= 11 is 1.14. The predicted molar refractivity (Wildman–Crippen MR) is 91.0 cm³/mol. The van der Waals surface area contributed by atoms with Gasteiger partial charge < -0.3 is 19.0 Å². The van der Waals surface area contributed by atoms with Crippen molar-refractivity contribution in [2.75, 3.05) is 16.8 Å². The van der Waals surface area contributed by atoms with Crippen molar-refractivity contribution in [1.29, 1.82) is 0 Å². The third-order valence-corrected chi connectivity index (χ3v) is 3.95. The first kappa shape index (κ1) is 17.0. The number of carbonyl (C=O) groups excluding carboxylic acids is 2. The lowest BCUT2D eigenvalue weighted by Gasteiger charge is -2.02. The average molecular weight is 361 g/mol. The smallest absolute Gasteiger partial charge is 0.316 e. The van der Waals surface area contributed by atoms with Crippen LogP contribution in [0.15, 0.2) is 39.3 Å². The van der Waals surface area contributed by atoms with Crippen LogP contribution in [0.1, 0.15) is 11.7 Å². The topological polar surface area (TPSA) is 107 Å². The molecule has 1 aromatic carbocycles. The van der Waals surface area contributed by atoms with Gasteiger partial charge in [-0.05, 0) is 19.1 Å². The van der Waals surface area contributed by atoms with Gasteiger partial charge in [0.15, 0.2) is 18.0 Å². The van der Waals surface area contributed by atoms with E-state index < -0.39 is 5.97 Å². The van der Waals surface area contributed by atoms with Crippen molar-refractivity contribution in [3.8, 4) is 0 Å². The molecule has 1 N–H and O–H groups in total. The molecule has 0 aliphatic heterocycles. The first-order valence-electron chi connectivity index (χ1n) is 7.41. The number of esters is 1. The number of nitrogens with one attached hydrogen (secondary N) is 1. The summed E-state index contributed by atoms with van der Waals surface area (Å²) in [5.74, 6) is 0.712. The molecule has 0 radical (unpaired) electrons. The van der Waals surface area contributed by atoms with Gasteiger partial charge in [-0.3, -0.25) is 9.59 Å². The van der Waals surface area contributed by atoms with Crippen LogP contribution in [0.4, 0.5) is 5.82 Å². The maximum Gasteiger partial charge on any atom is 0.316 e. The fraction of sp³-hybridized carbons (Fsp3) is 0.250. The van der Waals surface area contributed by atoms with E-state index >= 15 is 0 Å². The van der Waals surface area contributed by atoms with Crippen LogP contribution in [0, 0.1) is 6.92 Å². The van der Waals surface area contributed by atoms with Crippen LogP contribution >= 0.6 is 11.8 Å². The molecule has 3 rings (SSSR count). The molecule has 0 saturated heterocycles. The number of para-hydroxylation sites is 2. The van der Waals surface area contributed by atoms with Gasteiger partial charge in [-0.25, -0.2) is 4.98 Å². The highest BCUT2D eigenvalue weighted by molar-refractivity contribution is 8.00. The van der Waals surface area contributed by atoms with Crippen molar-refractivity contribution in [1.82, 2.24) is 10.1 Å². The number of anilines is 1. The monoisotopic (exact) mass is 361 g/mol. The number of rotatable bonds is 7. The molecular formula is C16H15N3O5S. The number of hydrogen-bond donors (Lipinski definition) is 1. The number of amides is 1. The van der Waals surface area contributed by atoms with Gasteiger partial charge in [-0.15, -0.1) is 11.8 Å². The number of carbonyl (C=O) groups is 2. The SMILES string of the molecule is Cc1cc(NC(=O)CSCC(=O)OCc2nc3ccccc3o2)no1. The van der Waals surface area contributed by atoms with Gasteiger partial charge in [0.2, 0.25) is 11.8 Å². The van der Waals surface area contributed by atoms with E-state index in [0.29, 0.717) is 28.6 Å². The fourth-order valence-corrected chi connectivity index (χ4v) is 2.61. The van der Waals surface area contributed by atoms with E-state index in [1.54, 1.807) is 19.1 Å². The lowest BCUT2D eigenvalue weighted by molar-refractivity contribution is -0.142. The first-order valence-corrected chi connectivity index (χ1v) is 8.56. The van der Waals surface area contributed by atoms with Crippen LogP contribution < -0.4 is 5.32 Å². The minimum atomic E-state index is -0.447. The molecule has 0 atom stereocenters. The Kier molecular flexibility index (Phi) is 5.34. The molecule has 0 fully saturated rings. The number of oxazole rings is 1. The number of ether oxygens (including phenoxy) is 1. The van der Waals surface area contributed by atoms with Crippen molar-refractivity contribution in [3.63, 3.8) is 0 Å². The minimum absolute atomic E-state index is 0.0432. The summed E-state index contributed by atoms with van der Waals surface area (Å²) in [7, 11) is 0. The van der Waals surface area contributed by atoms with E-state index in [1.165, 1.54) is 0 Å².